The molecule has 0 aliphatic carbocycles. The van der Waals surface area contributed by atoms with E-state index in [4.69, 9.17) is 17.3 Å². The highest BCUT2D eigenvalue weighted by molar-refractivity contribution is 6.29. The molecule has 2 heterocycles. The monoisotopic (exact) mass is 197 g/mol. The Hall–Kier alpha value is -1.69. The Balaban J connectivity index is 2.79. The molecule has 0 fully saturated rings. The number of aromatic nitrogens is 4. The Bertz CT molecular complexity index is 479. The lowest BCUT2D eigenvalue weighted by atomic mass is 10.5. The van der Waals surface area contributed by atoms with Crippen LogP contribution in [0.5, 0.6) is 0 Å². The van der Waals surface area contributed by atoms with Gasteiger partial charge < -0.3 is 5.73 Å². The third kappa shape index (κ3) is 1.20. The van der Waals surface area contributed by atoms with Gasteiger partial charge in [0, 0.05) is 0 Å². The van der Waals surface area contributed by atoms with Crippen molar-refractivity contribution in [2.75, 3.05) is 0 Å². The molecule has 2 N–H and O–H groups in total. The molecule has 0 atom stereocenters. The van der Waals surface area contributed by atoms with Gasteiger partial charge in [0.2, 0.25) is 5.82 Å². The number of carbonyl (C=O) groups excluding carboxylic acids is 1. The van der Waals surface area contributed by atoms with Crippen molar-refractivity contribution in [2.45, 2.75) is 0 Å². The number of rotatable bonds is 1. The quantitative estimate of drug-likeness (QED) is 0.690. The van der Waals surface area contributed by atoms with Crippen molar-refractivity contribution in [3.63, 3.8) is 0 Å². The van der Waals surface area contributed by atoms with E-state index in [1.54, 1.807) is 12.1 Å². The van der Waals surface area contributed by atoms with Crippen LogP contribution >= 0.6 is 11.6 Å². The van der Waals surface area contributed by atoms with Gasteiger partial charge in [-0.15, -0.1) is 10.2 Å². The van der Waals surface area contributed by atoms with Crippen LogP contribution in [0, 0.1) is 0 Å². The molecule has 0 spiro atoms. The third-order valence-electron chi connectivity index (χ3n) is 1.45. The molecule has 7 heteroatoms. The number of hydrogen-bond donors (Lipinski definition) is 1. The zero-order valence-electron chi connectivity index (χ0n) is 6.31. The second-order valence-electron chi connectivity index (χ2n) is 2.31. The number of carbonyl (C=O) groups is 1. The number of nitrogens with two attached hydrogens (primary N) is 1. The van der Waals surface area contributed by atoms with Crippen molar-refractivity contribution in [1.29, 1.82) is 0 Å². The minimum Gasteiger partial charge on any atom is -0.363 e. The molecule has 2 aromatic rings. The second kappa shape index (κ2) is 2.67. The van der Waals surface area contributed by atoms with Gasteiger partial charge in [-0.1, -0.05) is 11.6 Å². The van der Waals surface area contributed by atoms with Crippen molar-refractivity contribution in [2.24, 2.45) is 5.73 Å². The molecule has 0 aromatic carbocycles. The second-order valence-corrected chi connectivity index (χ2v) is 2.70. The molecule has 0 unspecified atom stereocenters. The van der Waals surface area contributed by atoms with E-state index in [2.05, 4.69) is 15.3 Å². The molecule has 6 nitrogen and oxygen atoms in total. The summed E-state index contributed by atoms with van der Waals surface area (Å²) in [6, 6.07) is 3.14. The SMILES string of the molecule is NC(=O)c1nnc2ccc(Cl)nn12. The van der Waals surface area contributed by atoms with E-state index < -0.39 is 5.91 Å². The van der Waals surface area contributed by atoms with E-state index in [1.807, 2.05) is 0 Å². The van der Waals surface area contributed by atoms with Crippen LogP contribution < -0.4 is 5.73 Å². The van der Waals surface area contributed by atoms with Crippen molar-refractivity contribution in [1.82, 2.24) is 19.8 Å². The summed E-state index contributed by atoms with van der Waals surface area (Å²) in [5.41, 5.74) is 5.46. The minimum absolute atomic E-state index is 0.0301. The number of hydrogen-bond acceptors (Lipinski definition) is 4. The van der Waals surface area contributed by atoms with E-state index in [-0.39, 0.29) is 11.0 Å². The number of fused-ring (bicyclic) bond motifs is 1. The van der Waals surface area contributed by atoms with E-state index in [0.717, 1.165) is 0 Å². The number of halogens is 1. The highest BCUT2D eigenvalue weighted by Crippen LogP contribution is 2.06. The van der Waals surface area contributed by atoms with Crippen molar-refractivity contribution >= 4 is 23.2 Å². The van der Waals surface area contributed by atoms with Crippen molar-refractivity contribution in [3.05, 3.63) is 23.1 Å². The fourth-order valence-electron chi connectivity index (χ4n) is 0.920. The Labute approximate surface area is 77.3 Å². The first kappa shape index (κ1) is 7.93. The van der Waals surface area contributed by atoms with Crippen LogP contribution in [0.25, 0.3) is 5.65 Å². The summed E-state index contributed by atoms with van der Waals surface area (Å²) < 4.78 is 1.20. The molecular formula is C6H4ClN5O. The molecule has 0 saturated heterocycles. The number of primary amides is 1. The third-order valence-corrected chi connectivity index (χ3v) is 1.65. The van der Waals surface area contributed by atoms with Gasteiger partial charge in [0.1, 0.15) is 5.15 Å². The summed E-state index contributed by atoms with van der Waals surface area (Å²) >= 11 is 5.61. The van der Waals surface area contributed by atoms with Gasteiger partial charge in [0.05, 0.1) is 0 Å². The van der Waals surface area contributed by atoms with E-state index in [0.29, 0.717) is 5.65 Å². The number of amides is 1. The summed E-state index contributed by atoms with van der Waals surface area (Å²) in [5.74, 6) is -0.722. The smallest absolute Gasteiger partial charge is 0.288 e. The Morgan fingerprint density at radius 2 is 2.23 bits per heavy atom. The molecule has 0 aliphatic rings. The van der Waals surface area contributed by atoms with Crippen LogP contribution in [0.3, 0.4) is 0 Å². The first-order chi connectivity index (χ1) is 6.18. The van der Waals surface area contributed by atoms with Crippen LogP contribution in [0.4, 0.5) is 0 Å². The first-order valence-electron chi connectivity index (χ1n) is 3.36. The van der Waals surface area contributed by atoms with E-state index in [1.165, 1.54) is 4.52 Å². The predicted molar refractivity (Wildman–Crippen MR) is 44.3 cm³/mol. The van der Waals surface area contributed by atoms with Gasteiger partial charge in [0.25, 0.3) is 5.91 Å². The number of nitrogens with zero attached hydrogens (tertiary/aromatic N) is 4. The van der Waals surface area contributed by atoms with Gasteiger partial charge in [-0.2, -0.15) is 9.61 Å². The molecule has 1 amide bonds. The lowest BCUT2D eigenvalue weighted by Gasteiger charge is -1.93. The van der Waals surface area contributed by atoms with Gasteiger partial charge in [-0.25, -0.2) is 0 Å². The van der Waals surface area contributed by atoms with Crippen LogP contribution in [-0.4, -0.2) is 25.7 Å². The summed E-state index contributed by atoms with van der Waals surface area (Å²) in [7, 11) is 0. The summed E-state index contributed by atoms with van der Waals surface area (Å²) in [6.45, 7) is 0. The molecule has 0 saturated carbocycles. The topological polar surface area (TPSA) is 86.2 Å². The van der Waals surface area contributed by atoms with Crippen molar-refractivity contribution in [3.8, 4) is 0 Å². The molecule has 0 radical (unpaired) electrons. The highest BCUT2D eigenvalue weighted by atomic mass is 35.5. The Morgan fingerprint density at radius 1 is 1.46 bits per heavy atom. The fourth-order valence-corrected chi connectivity index (χ4v) is 1.06. The van der Waals surface area contributed by atoms with Crippen molar-refractivity contribution < 1.29 is 4.79 Å². The molecule has 66 valence electrons. The Kier molecular flexibility index (Phi) is 1.63. The predicted octanol–water partition coefficient (Wildman–Crippen LogP) is -0.123. The summed E-state index contributed by atoms with van der Waals surface area (Å²) in [6.07, 6.45) is 0. The maximum absolute atomic E-state index is 10.8. The average molecular weight is 198 g/mol. The zero-order chi connectivity index (χ0) is 9.42. The summed E-state index contributed by atoms with van der Waals surface area (Å²) in [5, 5.41) is 11.3. The molecular weight excluding hydrogens is 194 g/mol. The van der Waals surface area contributed by atoms with Crippen LogP contribution in [0.15, 0.2) is 12.1 Å². The molecule has 13 heavy (non-hydrogen) atoms. The lowest BCUT2D eigenvalue weighted by Crippen LogP contribution is -2.16. The maximum atomic E-state index is 10.8. The van der Waals surface area contributed by atoms with E-state index in [9.17, 15) is 4.79 Å². The van der Waals surface area contributed by atoms with Crippen LogP contribution in [0.1, 0.15) is 10.6 Å². The van der Waals surface area contributed by atoms with Gasteiger partial charge in [-0.3, -0.25) is 4.79 Å². The lowest BCUT2D eigenvalue weighted by molar-refractivity contribution is 0.0988. The first-order valence-corrected chi connectivity index (χ1v) is 3.74. The standard InChI is InChI=1S/C6H4ClN5O/c7-3-1-2-4-9-10-6(5(8)13)12(4)11-3/h1-2H,(H2,8,13). The normalized spacial score (nSPS) is 10.5. The van der Waals surface area contributed by atoms with Gasteiger partial charge >= 0.3 is 0 Å². The van der Waals surface area contributed by atoms with E-state index >= 15 is 0 Å². The van der Waals surface area contributed by atoms with Crippen LogP contribution in [-0.2, 0) is 0 Å². The molecule has 2 aromatic heterocycles. The minimum atomic E-state index is -0.692. The highest BCUT2D eigenvalue weighted by Gasteiger charge is 2.11. The summed E-state index contributed by atoms with van der Waals surface area (Å²) in [4.78, 5) is 10.8. The maximum Gasteiger partial charge on any atom is 0.288 e. The Morgan fingerprint density at radius 3 is 2.92 bits per heavy atom. The molecule has 0 aliphatic heterocycles. The molecule has 2 rings (SSSR count). The van der Waals surface area contributed by atoms with Gasteiger partial charge in [0.15, 0.2) is 5.65 Å². The van der Waals surface area contributed by atoms with Crippen LogP contribution in [0.2, 0.25) is 5.15 Å². The van der Waals surface area contributed by atoms with Gasteiger partial charge in [-0.05, 0) is 12.1 Å². The largest absolute Gasteiger partial charge is 0.363 e. The average Bonchev–Trinajstić information content (AvgIpc) is 2.46. The molecule has 0 bridgehead atoms. The fraction of sp³-hybridized carbons (Fsp3) is 0. The zero-order valence-corrected chi connectivity index (χ0v) is 7.06.